The third-order valence-corrected chi connectivity index (χ3v) is 3.19. The van der Waals surface area contributed by atoms with Crippen molar-refractivity contribution in [2.45, 2.75) is 26.3 Å². The number of benzene rings is 1. The Labute approximate surface area is 117 Å². The number of ether oxygens (including phenoxy) is 2. The summed E-state index contributed by atoms with van der Waals surface area (Å²) in [5, 5.41) is 0. The molecule has 0 atom stereocenters. The fraction of sp³-hybridized carbons (Fsp3) is 0.429. The van der Waals surface area contributed by atoms with Crippen LogP contribution in [-0.2, 0) is 14.3 Å². The Hall–Kier alpha value is -2.24. The summed E-state index contributed by atoms with van der Waals surface area (Å²) in [5.41, 5.74) is 5.59. The van der Waals surface area contributed by atoms with Crippen LogP contribution in [0.5, 0.6) is 5.75 Å². The minimum absolute atomic E-state index is 0.126. The normalized spacial score (nSPS) is 14.6. The summed E-state index contributed by atoms with van der Waals surface area (Å²) in [5.74, 6) is -0.320. The first kappa shape index (κ1) is 14.2. The number of para-hydroxylation sites is 1. The molecule has 1 aliphatic heterocycles. The van der Waals surface area contributed by atoms with E-state index in [1.165, 1.54) is 4.90 Å². The van der Waals surface area contributed by atoms with Gasteiger partial charge in [0.15, 0.2) is 6.61 Å². The van der Waals surface area contributed by atoms with Crippen molar-refractivity contribution in [3.05, 3.63) is 18.2 Å². The number of hydrogen-bond acceptors (Lipinski definition) is 5. The molecule has 0 aliphatic carbocycles. The summed E-state index contributed by atoms with van der Waals surface area (Å²) in [6.07, 6.45) is 0. The number of nitrogens with two attached hydrogens (primary N) is 1. The highest BCUT2D eigenvalue weighted by Crippen LogP contribution is 2.41. The maximum Gasteiger partial charge on any atom is 0.331 e. The van der Waals surface area contributed by atoms with Gasteiger partial charge in [0.05, 0.1) is 12.3 Å². The number of anilines is 2. The van der Waals surface area contributed by atoms with Gasteiger partial charge in [0.1, 0.15) is 17.0 Å². The van der Waals surface area contributed by atoms with Crippen molar-refractivity contribution >= 4 is 23.3 Å². The van der Waals surface area contributed by atoms with Crippen LogP contribution in [0.2, 0.25) is 0 Å². The molecule has 108 valence electrons. The average Bonchev–Trinajstić information content (AvgIpc) is 2.39. The summed E-state index contributed by atoms with van der Waals surface area (Å²) in [7, 11) is 0. The second-order valence-corrected chi connectivity index (χ2v) is 4.99. The summed E-state index contributed by atoms with van der Waals surface area (Å²) in [6, 6.07) is 5.11. The molecule has 0 saturated carbocycles. The third kappa shape index (κ3) is 2.17. The number of amides is 1. The standard InChI is InChI=1S/C14H18N2O4/c1-4-19-13(18)14(2,3)16-11(17)8-20-10-7-5-6-9(15)12(10)16/h5-7H,4,8,15H2,1-3H3. The molecule has 0 fully saturated rings. The van der Waals surface area contributed by atoms with Crippen LogP contribution in [0.1, 0.15) is 20.8 Å². The largest absolute Gasteiger partial charge is 0.481 e. The highest BCUT2D eigenvalue weighted by Gasteiger charge is 2.44. The summed E-state index contributed by atoms with van der Waals surface area (Å²) in [6.45, 7) is 5.10. The molecule has 0 saturated heterocycles. The van der Waals surface area contributed by atoms with Gasteiger partial charge in [-0.05, 0) is 32.9 Å². The molecule has 0 spiro atoms. The van der Waals surface area contributed by atoms with E-state index in [0.717, 1.165) is 0 Å². The fourth-order valence-corrected chi connectivity index (χ4v) is 2.21. The summed E-state index contributed by atoms with van der Waals surface area (Å²) >= 11 is 0. The molecular weight excluding hydrogens is 260 g/mol. The highest BCUT2D eigenvalue weighted by molar-refractivity contribution is 6.07. The zero-order valence-corrected chi connectivity index (χ0v) is 11.8. The Morgan fingerprint density at radius 2 is 2.20 bits per heavy atom. The predicted molar refractivity (Wildman–Crippen MR) is 74.5 cm³/mol. The van der Waals surface area contributed by atoms with Gasteiger partial charge in [0, 0.05) is 0 Å². The van der Waals surface area contributed by atoms with E-state index in [4.69, 9.17) is 15.2 Å². The molecule has 2 rings (SSSR count). The SMILES string of the molecule is CCOC(=O)C(C)(C)N1C(=O)COc2cccc(N)c21. The first-order valence-electron chi connectivity index (χ1n) is 6.41. The van der Waals surface area contributed by atoms with Crippen LogP contribution >= 0.6 is 0 Å². The van der Waals surface area contributed by atoms with E-state index in [-0.39, 0.29) is 19.1 Å². The van der Waals surface area contributed by atoms with Crippen molar-refractivity contribution in [3.8, 4) is 5.75 Å². The molecule has 1 aromatic carbocycles. The van der Waals surface area contributed by atoms with E-state index in [1.807, 2.05) is 0 Å². The van der Waals surface area contributed by atoms with E-state index in [9.17, 15) is 9.59 Å². The first-order chi connectivity index (χ1) is 9.39. The lowest BCUT2D eigenvalue weighted by molar-refractivity contribution is -0.150. The van der Waals surface area contributed by atoms with Crippen molar-refractivity contribution in [2.24, 2.45) is 0 Å². The molecule has 1 aromatic rings. The average molecular weight is 278 g/mol. The number of esters is 1. The molecule has 20 heavy (non-hydrogen) atoms. The van der Waals surface area contributed by atoms with Gasteiger partial charge < -0.3 is 15.2 Å². The van der Waals surface area contributed by atoms with Gasteiger partial charge in [-0.1, -0.05) is 6.07 Å². The van der Waals surface area contributed by atoms with Gasteiger partial charge in [-0.25, -0.2) is 4.79 Å². The molecule has 0 radical (unpaired) electrons. The number of carbonyl (C=O) groups excluding carboxylic acids is 2. The minimum atomic E-state index is -1.15. The quantitative estimate of drug-likeness (QED) is 0.666. The molecule has 1 heterocycles. The molecule has 0 bridgehead atoms. The Balaban J connectivity index is 2.51. The zero-order chi connectivity index (χ0) is 14.9. The molecule has 0 aromatic heterocycles. The van der Waals surface area contributed by atoms with Crippen LogP contribution in [0.25, 0.3) is 0 Å². The fourth-order valence-electron chi connectivity index (χ4n) is 2.21. The lowest BCUT2D eigenvalue weighted by Crippen LogP contribution is -2.57. The van der Waals surface area contributed by atoms with Crippen LogP contribution in [-0.4, -0.2) is 30.6 Å². The van der Waals surface area contributed by atoms with Crippen LogP contribution < -0.4 is 15.4 Å². The second kappa shape index (κ2) is 5.03. The Morgan fingerprint density at radius 1 is 1.50 bits per heavy atom. The van der Waals surface area contributed by atoms with E-state index in [0.29, 0.717) is 17.1 Å². The van der Waals surface area contributed by atoms with Gasteiger partial charge in [0.25, 0.3) is 5.91 Å². The number of carbonyl (C=O) groups is 2. The summed E-state index contributed by atoms with van der Waals surface area (Å²) < 4.78 is 10.4. The first-order valence-corrected chi connectivity index (χ1v) is 6.41. The molecule has 1 amide bonds. The van der Waals surface area contributed by atoms with Crippen molar-refractivity contribution in [1.82, 2.24) is 0 Å². The van der Waals surface area contributed by atoms with E-state index in [1.54, 1.807) is 39.0 Å². The van der Waals surface area contributed by atoms with Gasteiger partial charge in [-0.15, -0.1) is 0 Å². The molecule has 6 nitrogen and oxygen atoms in total. The van der Waals surface area contributed by atoms with Crippen molar-refractivity contribution < 1.29 is 19.1 Å². The van der Waals surface area contributed by atoms with E-state index < -0.39 is 11.5 Å². The van der Waals surface area contributed by atoms with Crippen molar-refractivity contribution in [3.63, 3.8) is 0 Å². The zero-order valence-electron chi connectivity index (χ0n) is 11.8. The minimum Gasteiger partial charge on any atom is -0.481 e. The third-order valence-electron chi connectivity index (χ3n) is 3.19. The van der Waals surface area contributed by atoms with E-state index in [2.05, 4.69) is 0 Å². The monoisotopic (exact) mass is 278 g/mol. The van der Waals surface area contributed by atoms with E-state index >= 15 is 0 Å². The molecule has 0 unspecified atom stereocenters. The predicted octanol–water partition coefficient (Wildman–Crippen LogP) is 1.34. The maximum absolute atomic E-state index is 12.2. The molecular formula is C14H18N2O4. The molecule has 6 heteroatoms. The Kier molecular flexibility index (Phi) is 3.57. The number of hydrogen-bond donors (Lipinski definition) is 1. The second-order valence-electron chi connectivity index (χ2n) is 4.99. The smallest absolute Gasteiger partial charge is 0.331 e. The molecule has 1 aliphatic rings. The highest BCUT2D eigenvalue weighted by atomic mass is 16.5. The summed E-state index contributed by atoms with van der Waals surface area (Å²) in [4.78, 5) is 25.7. The van der Waals surface area contributed by atoms with Crippen LogP contribution in [0.4, 0.5) is 11.4 Å². The van der Waals surface area contributed by atoms with Gasteiger partial charge >= 0.3 is 5.97 Å². The van der Waals surface area contributed by atoms with Crippen LogP contribution in [0.15, 0.2) is 18.2 Å². The molecule has 2 N–H and O–H groups in total. The van der Waals surface area contributed by atoms with Crippen LogP contribution in [0, 0.1) is 0 Å². The topological polar surface area (TPSA) is 81.9 Å². The lowest BCUT2D eigenvalue weighted by atomic mass is 10.00. The number of rotatable bonds is 3. The number of nitrogen functional groups attached to an aromatic ring is 1. The van der Waals surface area contributed by atoms with Gasteiger partial charge in [-0.3, -0.25) is 9.69 Å². The van der Waals surface area contributed by atoms with Crippen molar-refractivity contribution in [2.75, 3.05) is 23.8 Å². The lowest BCUT2D eigenvalue weighted by Gasteiger charge is -2.40. The van der Waals surface area contributed by atoms with Gasteiger partial charge in [-0.2, -0.15) is 0 Å². The Morgan fingerprint density at radius 3 is 2.85 bits per heavy atom. The number of fused-ring (bicyclic) bond motifs is 1. The Bertz CT molecular complexity index is 554. The van der Waals surface area contributed by atoms with Crippen LogP contribution in [0.3, 0.4) is 0 Å². The van der Waals surface area contributed by atoms with Gasteiger partial charge in [0.2, 0.25) is 0 Å². The number of nitrogens with zero attached hydrogens (tertiary/aromatic N) is 1. The van der Waals surface area contributed by atoms with Crippen molar-refractivity contribution in [1.29, 1.82) is 0 Å². The maximum atomic E-state index is 12.2.